The number of aryl methyl sites for hydroxylation is 1. The molecule has 1 nitrogen and oxygen atoms in total. The number of rotatable bonds is 6. The van der Waals surface area contributed by atoms with Crippen molar-refractivity contribution in [2.45, 2.75) is 26.8 Å². The Kier molecular flexibility index (Phi) is 6.77. The minimum absolute atomic E-state index is 0.0720. The van der Waals surface area contributed by atoms with Gasteiger partial charge in [-0.25, -0.2) is 0 Å². The lowest BCUT2D eigenvalue weighted by Gasteiger charge is -2.12. The molecule has 4 rings (SSSR count). The first-order chi connectivity index (χ1) is 15.6. The van der Waals surface area contributed by atoms with E-state index in [9.17, 15) is 0 Å². The molecule has 158 valence electrons. The molecule has 0 saturated heterocycles. The summed E-state index contributed by atoms with van der Waals surface area (Å²) in [6, 6.07) is 38.4. The van der Waals surface area contributed by atoms with Crippen molar-refractivity contribution in [2.24, 2.45) is 4.99 Å². The summed E-state index contributed by atoms with van der Waals surface area (Å²) in [4.78, 5) is 5.14. The molecule has 0 spiro atoms. The van der Waals surface area contributed by atoms with Crippen LogP contribution in [0, 0.1) is 6.92 Å². The van der Waals surface area contributed by atoms with E-state index in [1.807, 2.05) is 12.1 Å². The molecule has 0 saturated carbocycles. The van der Waals surface area contributed by atoms with Gasteiger partial charge in [-0.05, 0) is 60.2 Å². The summed E-state index contributed by atoms with van der Waals surface area (Å²) in [6.45, 7) is 6.42. The van der Waals surface area contributed by atoms with Crippen molar-refractivity contribution in [1.29, 1.82) is 0 Å². The summed E-state index contributed by atoms with van der Waals surface area (Å²) in [5, 5.41) is 0. The van der Waals surface area contributed by atoms with E-state index >= 15 is 0 Å². The summed E-state index contributed by atoms with van der Waals surface area (Å²) in [5.74, 6) is 0. The molecule has 32 heavy (non-hydrogen) atoms. The van der Waals surface area contributed by atoms with Gasteiger partial charge < -0.3 is 0 Å². The predicted octanol–water partition coefficient (Wildman–Crippen LogP) is 8.32. The number of benzene rings is 4. The Labute approximate surface area is 191 Å². The van der Waals surface area contributed by atoms with Gasteiger partial charge in [0, 0.05) is 0 Å². The fourth-order valence-electron chi connectivity index (χ4n) is 3.78. The summed E-state index contributed by atoms with van der Waals surface area (Å²) >= 11 is 0. The van der Waals surface area contributed by atoms with Crippen LogP contribution in [0.1, 0.15) is 42.1 Å². The van der Waals surface area contributed by atoms with E-state index in [-0.39, 0.29) is 6.04 Å². The van der Waals surface area contributed by atoms with Crippen molar-refractivity contribution >= 4 is 11.3 Å². The number of hydrogen-bond acceptors (Lipinski definition) is 1. The van der Waals surface area contributed by atoms with Crippen LogP contribution in [0.5, 0.6) is 0 Å². The van der Waals surface area contributed by atoms with E-state index in [0.717, 1.165) is 11.3 Å². The molecule has 0 bridgehead atoms. The highest BCUT2D eigenvalue weighted by Gasteiger charge is 2.09. The normalized spacial score (nSPS) is 13.1. The SMILES string of the molecule is C/C(=C\C(=NC(C)c1ccccc1)c1ccc(-c2ccc(C)cc2)cc1)c1ccccc1. The minimum Gasteiger partial charge on any atom is -0.277 e. The molecule has 0 aromatic heterocycles. The fourth-order valence-corrected chi connectivity index (χ4v) is 3.78. The van der Waals surface area contributed by atoms with Gasteiger partial charge in [-0.3, -0.25) is 4.99 Å². The van der Waals surface area contributed by atoms with Crippen LogP contribution in [0.4, 0.5) is 0 Å². The standard InChI is InChI=1S/C31H29N/c1-23-14-16-28(17-15-23)29-18-20-30(21-19-29)31(22-24(2)26-10-6-4-7-11-26)32-25(3)27-12-8-5-9-13-27/h4-22,25H,1-3H3/b24-22+,32-31?. The van der Waals surface area contributed by atoms with Gasteiger partial charge in [-0.15, -0.1) is 0 Å². The van der Waals surface area contributed by atoms with Crippen LogP contribution in [0.3, 0.4) is 0 Å². The molecule has 4 aromatic carbocycles. The fraction of sp³-hybridized carbons (Fsp3) is 0.129. The van der Waals surface area contributed by atoms with Gasteiger partial charge in [-0.2, -0.15) is 0 Å². The van der Waals surface area contributed by atoms with Gasteiger partial charge in [0.05, 0.1) is 11.8 Å². The number of allylic oxidation sites excluding steroid dienone is 2. The van der Waals surface area contributed by atoms with E-state index in [0.29, 0.717) is 0 Å². The molecular weight excluding hydrogens is 386 g/mol. The number of aliphatic imine (C=N–C) groups is 1. The first-order valence-electron chi connectivity index (χ1n) is 11.1. The van der Waals surface area contributed by atoms with Crippen molar-refractivity contribution in [3.63, 3.8) is 0 Å². The van der Waals surface area contributed by atoms with Crippen LogP contribution >= 0.6 is 0 Å². The van der Waals surface area contributed by atoms with Gasteiger partial charge in [0.2, 0.25) is 0 Å². The van der Waals surface area contributed by atoms with Gasteiger partial charge in [0.25, 0.3) is 0 Å². The van der Waals surface area contributed by atoms with Crippen molar-refractivity contribution in [3.8, 4) is 11.1 Å². The molecule has 0 N–H and O–H groups in total. The summed E-state index contributed by atoms with van der Waals surface area (Å²) < 4.78 is 0. The zero-order valence-electron chi connectivity index (χ0n) is 19.0. The van der Waals surface area contributed by atoms with E-state index in [2.05, 4.69) is 124 Å². The Hall–Kier alpha value is -3.71. The second-order valence-corrected chi connectivity index (χ2v) is 8.24. The Balaban J connectivity index is 1.71. The third-order valence-electron chi connectivity index (χ3n) is 5.76. The van der Waals surface area contributed by atoms with Crippen LogP contribution < -0.4 is 0 Å². The zero-order valence-corrected chi connectivity index (χ0v) is 19.0. The lowest BCUT2D eigenvalue weighted by atomic mass is 9.98. The average Bonchev–Trinajstić information content (AvgIpc) is 2.85. The summed E-state index contributed by atoms with van der Waals surface area (Å²) in [6.07, 6.45) is 2.20. The molecule has 4 aromatic rings. The molecule has 0 aliphatic heterocycles. The first-order valence-corrected chi connectivity index (χ1v) is 11.1. The lowest BCUT2D eigenvalue weighted by Crippen LogP contribution is -2.02. The van der Waals surface area contributed by atoms with Crippen molar-refractivity contribution < 1.29 is 0 Å². The average molecular weight is 416 g/mol. The van der Waals surface area contributed by atoms with Gasteiger partial charge in [-0.1, -0.05) is 115 Å². The van der Waals surface area contributed by atoms with Crippen molar-refractivity contribution in [2.75, 3.05) is 0 Å². The molecule has 1 heteroatoms. The summed E-state index contributed by atoms with van der Waals surface area (Å²) in [7, 11) is 0. The molecule has 1 atom stereocenters. The summed E-state index contributed by atoms with van der Waals surface area (Å²) in [5.41, 5.74) is 9.47. The Morgan fingerprint density at radius 2 is 1.19 bits per heavy atom. The first kappa shape index (κ1) is 21.5. The molecule has 0 radical (unpaired) electrons. The van der Waals surface area contributed by atoms with Crippen LogP contribution in [0.25, 0.3) is 16.7 Å². The number of hydrogen-bond donors (Lipinski definition) is 0. The smallest absolute Gasteiger partial charge is 0.0728 e. The van der Waals surface area contributed by atoms with E-state index in [4.69, 9.17) is 4.99 Å². The largest absolute Gasteiger partial charge is 0.277 e. The molecular formula is C31H29N. The number of nitrogens with zero attached hydrogens (tertiary/aromatic N) is 1. The lowest BCUT2D eigenvalue weighted by molar-refractivity contribution is 0.822. The van der Waals surface area contributed by atoms with Crippen LogP contribution in [0.15, 0.2) is 120 Å². The monoisotopic (exact) mass is 415 g/mol. The van der Waals surface area contributed by atoms with Gasteiger partial charge in [0.1, 0.15) is 0 Å². The Morgan fingerprint density at radius 1 is 0.656 bits per heavy atom. The highest BCUT2D eigenvalue weighted by atomic mass is 14.8. The van der Waals surface area contributed by atoms with Crippen LogP contribution in [-0.4, -0.2) is 5.71 Å². The van der Waals surface area contributed by atoms with Gasteiger partial charge >= 0.3 is 0 Å². The topological polar surface area (TPSA) is 12.4 Å². The Morgan fingerprint density at radius 3 is 1.78 bits per heavy atom. The second kappa shape index (κ2) is 10.1. The van der Waals surface area contributed by atoms with E-state index < -0.39 is 0 Å². The molecule has 0 heterocycles. The highest BCUT2D eigenvalue weighted by molar-refractivity contribution is 6.12. The Bertz CT molecular complexity index is 1200. The van der Waals surface area contributed by atoms with E-state index in [1.54, 1.807) is 0 Å². The third-order valence-corrected chi connectivity index (χ3v) is 5.76. The van der Waals surface area contributed by atoms with Crippen LogP contribution in [-0.2, 0) is 0 Å². The molecule has 0 aliphatic rings. The third kappa shape index (κ3) is 5.31. The maximum absolute atomic E-state index is 5.14. The minimum atomic E-state index is 0.0720. The van der Waals surface area contributed by atoms with Crippen LogP contribution in [0.2, 0.25) is 0 Å². The second-order valence-electron chi connectivity index (χ2n) is 8.24. The highest BCUT2D eigenvalue weighted by Crippen LogP contribution is 2.24. The molecule has 1 unspecified atom stereocenters. The molecule has 0 fully saturated rings. The van der Waals surface area contributed by atoms with Crippen molar-refractivity contribution in [3.05, 3.63) is 138 Å². The maximum atomic E-state index is 5.14. The quantitative estimate of drug-likeness (QED) is 0.281. The van der Waals surface area contributed by atoms with Gasteiger partial charge in [0.15, 0.2) is 0 Å². The van der Waals surface area contributed by atoms with Crippen molar-refractivity contribution in [1.82, 2.24) is 0 Å². The molecule has 0 aliphatic carbocycles. The maximum Gasteiger partial charge on any atom is 0.0728 e. The zero-order chi connectivity index (χ0) is 22.3. The predicted molar refractivity (Wildman–Crippen MR) is 138 cm³/mol. The molecule has 0 amide bonds. The van der Waals surface area contributed by atoms with E-state index in [1.165, 1.54) is 33.4 Å².